The Morgan fingerprint density at radius 3 is 2.59 bits per heavy atom. The minimum atomic E-state index is -1.08. The molecule has 0 radical (unpaired) electrons. The highest BCUT2D eigenvalue weighted by Gasteiger charge is 2.41. The number of carboxylic acids is 1. The van der Waals surface area contributed by atoms with E-state index in [1.54, 1.807) is 28.6 Å². The van der Waals surface area contributed by atoms with Crippen molar-refractivity contribution < 1.29 is 14.7 Å². The van der Waals surface area contributed by atoms with Crippen LogP contribution in [0.5, 0.6) is 0 Å². The summed E-state index contributed by atoms with van der Waals surface area (Å²) in [7, 11) is 0. The monoisotopic (exact) mass is 271 g/mol. The largest absolute Gasteiger partial charge is 0.480 e. The van der Waals surface area contributed by atoms with Crippen LogP contribution in [0.4, 0.5) is 0 Å². The van der Waals surface area contributed by atoms with E-state index in [4.69, 9.17) is 0 Å². The first-order valence-electron chi connectivity index (χ1n) is 5.30. The van der Waals surface area contributed by atoms with Crippen LogP contribution < -0.4 is 5.32 Å². The van der Waals surface area contributed by atoms with E-state index in [1.807, 2.05) is 0 Å². The Labute approximate surface area is 107 Å². The summed E-state index contributed by atoms with van der Waals surface area (Å²) in [4.78, 5) is 23.3. The van der Waals surface area contributed by atoms with E-state index in [0.717, 1.165) is 11.5 Å². The van der Waals surface area contributed by atoms with E-state index in [0.29, 0.717) is 18.4 Å². The number of carbonyl (C=O) groups excluding carboxylic acids is 1. The maximum atomic E-state index is 11.9. The lowest BCUT2D eigenvalue weighted by atomic mass is 9.92. The lowest BCUT2D eigenvalue weighted by molar-refractivity contribution is -0.144. The van der Waals surface area contributed by atoms with Crippen LogP contribution in [-0.2, 0) is 4.79 Å². The van der Waals surface area contributed by atoms with E-state index < -0.39 is 11.5 Å². The van der Waals surface area contributed by atoms with Gasteiger partial charge in [-0.2, -0.15) is 23.1 Å². The van der Waals surface area contributed by atoms with Crippen LogP contribution in [0.1, 0.15) is 23.2 Å². The third-order valence-corrected chi connectivity index (χ3v) is 4.56. The summed E-state index contributed by atoms with van der Waals surface area (Å²) in [5.74, 6) is 0.328. The molecule has 17 heavy (non-hydrogen) atoms. The first-order valence-corrected chi connectivity index (χ1v) is 7.40. The molecule has 2 rings (SSSR count). The van der Waals surface area contributed by atoms with Crippen molar-refractivity contribution in [2.24, 2.45) is 0 Å². The highest BCUT2D eigenvalue weighted by atomic mass is 32.2. The van der Waals surface area contributed by atoms with Crippen LogP contribution in [0.3, 0.4) is 0 Å². The quantitative estimate of drug-likeness (QED) is 0.880. The number of aliphatic carboxylic acids is 1. The fourth-order valence-corrected chi connectivity index (χ4v) is 3.62. The summed E-state index contributed by atoms with van der Waals surface area (Å²) in [6.45, 7) is 0. The van der Waals surface area contributed by atoms with E-state index in [-0.39, 0.29) is 5.91 Å². The minimum absolute atomic E-state index is 0.291. The van der Waals surface area contributed by atoms with Crippen LogP contribution >= 0.6 is 23.1 Å². The van der Waals surface area contributed by atoms with Gasteiger partial charge in [0.1, 0.15) is 5.54 Å². The Bertz CT molecular complexity index is 410. The Hall–Kier alpha value is -1.01. The van der Waals surface area contributed by atoms with Crippen molar-refractivity contribution in [2.75, 3.05) is 11.5 Å². The molecule has 1 aromatic rings. The van der Waals surface area contributed by atoms with Gasteiger partial charge in [-0.15, -0.1) is 0 Å². The summed E-state index contributed by atoms with van der Waals surface area (Å²) in [5.41, 5.74) is -0.543. The van der Waals surface area contributed by atoms with Crippen LogP contribution in [-0.4, -0.2) is 34.0 Å². The second-order valence-electron chi connectivity index (χ2n) is 3.97. The van der Waals surface area contributed by atoms with Gasteiger partial charge in [0.25, 0.3) is 5.91 Å². The fraction of sp³-hybridized carbons (Fsp3) is 0.455. The molecule has 0 aliphatic carbocycles. The number of rotatable bonds is 3. The summed E-state index contributed by atoms with van der Waals surface area (Å²) in [5, 5.41) is 15.5. The molecule has 0 spiro atoms. The molecular formula is C11H13NO3S2. The molecule has 2 heterocycles. The molecule has 92 valence electrons. The highest BCUT2D eigenvalue weighted by Crippen LogP contribution is 2.27. The normalized spacial score (nSPS) is 18.6. The minimum Gasteiger partial charge on any atom is -0.480 e. The van der Waals surface area contributed by atoms with E-state index in [2.05, 4.69) is 5.32 Å². The molecule has 1 aromatic heterocycles. The molecule has 0 aromatic carbocycles. The fourth-order valence-electron chi connectivity index (χ4n) is 1.80. The summed E-state index contributed by atoms with van der Waals surface area (Å²) >= 11 is 3.15. The Kier molecular flexibility index (Phi) is 3.73. The van der Waals surface area contributed by atoms with Crippen LogP contribution in [0.15, 0.2) is 16.8 Å². The second kappa shape index (κ2) is 5.10. The van der Waals surface area contributed by atoms with Crippen molar-refractivity contribution in [3.05, 3.63) is 22.4 Å². The van der Waals surface area contributed by atoms with Gasteiger partial charge in [0, 0.05) is 5.38 Å². The number of carboxylic acid groups (broad SMARTS) is 1. The van der Waals surface area contributed by atoms with E-state index in [9.17, 15) is 14.7 Å². The van der Waals surface area contributed by atoms with Gasteiger partial charge in [-0.3, -0.25) is 4.79 Å². The zero-order chi connectivity index (χ0) is 12.3. The highest BCUT2D eigenvalue weighted by molar-refractivity contribution is 7.99. The maximum Gasteiger partial charge on any atom is 0.329 e. The molecule has 0 unspecified atom stereocenters. The first-order chi connectivity index (χ1) is 8.14. The Morgan fingerprint density at radius 1 is 1.35 bits per heavy atom. The number of nitrogens with one attached hydrogen (secondary N) is 1. The van der Waals surface area contributed by atoms with Gasteiger partial charge in [-0.25, -0.2) is 4.79 Å². The van der Waals surface area contributed by atoms with Crippen molar-refractivity contribution in [3.63, 3.8) is 0 Å². The number of thioether (sulfide) groups is 1. The zero-order valence-corrected chi connectivity index (χ0v) is 10.8. The van der Waals surface area contributed by atoms with Crippen molar-refractivity contribution in [2.45, 2.75) is 18.4 Å². The summed E-state index contributed by atoms with van der Waals surface area (Å²) in [6, 6.07) is 1.70. The lowest BCUT2D eigenvalue weighted by Gasteiger charge is -2.33. The standard InChI is InChI=1S/C11H13NO3S2/c13-9(8-1-4-17-7-8)12-11(10(14)15)2-5-16-6-3-11/h1,4,7H,2-3,5-6H2,(H,12,13)(H,14,15). The van der Waals surface area contributed by atoms with Crippen LogP contribution in [0.25, 0.3) is 0 Å². The molecule has 6 heteroatoms. The second-order valence-corrected chi connectivity index (χ2v) is 5.97. The van der Waals surface area contributed by atoms with Crippen molar-refractivity contribution >= 4 is 35.0 Å². The van der Waals surface area contributed by atoms with Crippen LogP contribution in [0, 0.1) is 0 Å². The van der Waals surface area contributed by atoms with Crippen LogP contribution in [0.2, 0.25) is 0 Å². The lowest BCUT2D eigenvalue weighted by Crippen LogP contribution is -2.56. The van der Waals surface area contributed by atoms with Gasteiger partial charge in [-0.1, -0.05) is 0 Å². The summed E-state index contributed by atoms with van der Waals surface area (Å²) in [6.07, 6.45) is 0.978. The van der Waals surface area contributed by atoms with Gasteiger partial charge in [0.2, 0.25) is 0 Å². The van der Waals surface area contributed by atoms with Crippen molar-refractivity contribution in [1.29, 1.82) is 0 Å². The number of carbonyl (C=O) groups is 2. The smallest absolute Gasteiger partial charge is 0.329 e. The Balaban J connectivity index is 2.13. The van der Waals surface area contributed by atoms with E-state index >= 15 is 0 Å². The van der Waals surface area contributed by atoms with Crippen molar-refractivity contribution in [3.8, 4) is 0 Å². The summed E-state index contributed by atoms with van der Waals surface area (Å²) < 4.78 is 0. The molecular weight excluding hydrogens is 258 g/mol. The molecule has 1 saturated heterocycles. The molecule has 1 amide bonds. The molecule has 1 aliphatic rings. The van der Waals surface area contributed by atoms with Gasteiger partial charge >= 0.3 is 5.97 Å². The van der Waals surface area contributed by atoms with Gasteiger partial charge < -0.3 is 10.4 Å². The average molecular weight is 271 g/mol. The Morgan fingerprint density at radius 2 is 2.06 bits per heavy atom. The zero-order valence-electron chi connectivity index (χ0n) is 9.14. The maximum absolute atomic E-state index is 11.9. The number of hydrogen-bond donors (Lipinski definition) is 2. The topological polar surface area (TPSA) is 66.4 Å². The SMILES string of the molecule is O=C(NC1(C(=O)O)CCSCC1)c1ccsc1. The van der Waals surface area contributed by atoms with Gasteiger partial charge in [-0.05, 0) is 35.8 Å². The molecule has 1 aliphatic heterocycles. The molecule has 4 nitrogen and oxygen atoms in total. The van der Waals surface area contributed by atoms with E-state index in [1.165, 1.54) is 11.3 Å². The average Bonchev–Trinajstić information content (AvgIpc) is 2.83. The molecule has 2 N–H and O–H groups in total. The van der Waals surface area contributed by atoms with Crippen molar-refractivity contribution in [1.82, 2.24) is 5.32 Å². The number of hydrogen-bond acceptors (Lipinski definition) is 4. The molecule has 0 bridgehead atoms. The molecule has 1 fully saturated rings. The molecule has 0 atom stereocenters. The predicted octanol–water partition coefficient (Wildman–Crippen LogP) is 1.83. The first kappa shape index (κ1) is 12.4. The third kappa shape index (κ3) is 2.63. The number of amides is 1. The third-order valence-electron chi connectivity index (χ3n) is 2.89. The van der Waals surface area contributed by atoms with Gasteiger partial charge in [0.15, 0.2) is 0 Å². The predicted molar refractivity (Wildman–Crippen MR) is 68.7 cm³/mol. The molecule has 0 saturated carbocycles. The van der Waals surface area contributed by atoms with Gasteiger partial charge in [0.05, 0.1) is 5.56 Å². The number of thiophene rings is 1.